The molecule has 2 aromatic rings. The molecule has 0 spiro atoms. The molecule has 1 aliphatic heterocycles. The van der Waals surface area contributed by atoms with E-state index in [2.05, 4.69) is 37.2 Å². The Bertz CT molecular complexity index is 790. The number of hydrogen-bond acceptors (Lipinski definition) is 4. The highest BCUT2D eigenvalue weighted by Crippen LogP contribution is 2.20. The van der Waals surface area contributed by atoms with E-state index in [4.69, 9.17) is 11.6 Å². The number of nitrogens with zero attached hydrogens (tertiary/aromatic N) is 5. The van der Waals surface area contributed by atoms with Crippen LogP contribution in [0.2, 0.25) is 5.02 Å². The number of pyridine rings is 1. The van der Waals surface area contributed by atoms with Crippen molar-refractivity contribution in [2.45, 2.75) is 6.54 Å². The zero-order valence-electron chi connectivity index (χ0n) is 16.6. The lowest BCUT2D eigenvalue weighted by Gasteiger charge is -2.37. The summed E-state index contributed by atoms with van der Waals surface area (Å²) in [6.07, 6.45) is 1.85. The number of aliphatic imine (C=N–C) groups is 1. The van der Waals surface area contributed by atoms with Gasteiger partial charge in [-0.1, -0.05) is 17.7 Å². The van der Waals surface area contributed by atoms with E-state index < -0.39 is 0 Å². The van der Waals surface area contributed by atoms with Crippen LogP contribution < -0.4 is 15.1 Å². The zero-order chi connectivity index (χ0) is 19.2. The van der Waals surface area contributed by atoms with Crippen molar-refractivity contribution in [3.05, 3.63) is 53.2 Å². The molecule has 0 unspecified atom stereocenters. The number of rotatable bonds is 4. The van der Waals surface area contributed by atoms with Crippen LogP contribution in [-0.2, 0) is 6.54 Å². The van der Waals surface area contributed by atoms with Crippen LogP contribution in [0.4, 0.5) is 11.5 Å². The Morgan fingerprint density at radius 3 is 2.57 bits per heavy atom. The molecule has 0 aliphatic carbocycles. The molecule has 6 nitrogen and oxygen atoms in total. The molecule has 3 rings (SSSR count). The summed E-state index contributed by atoms with van der Waals surface area (Å²) in [5.41, 5.74) is 2.37. The predicted octanol–water partition coefficient (Wildman–Crippen LogP) is 3.32. The van der Waals surface area contributed by atoms with Gasteiger partial charge in [0.25, 0.3) is 0 Å². The molecular formula is C20H28ClIN6. The molecule has 1 fully saturated rings. The van der Waals surface area contributed by atoms with Gasteiger partial charge in [0.1, 0.15) is 5.82 Å². The van der Waals surface area contributed by atoms with Crippen molar-refractivity contribution in [2.24, 2.45) is 4.99 Å². The van der Waals surface area contributed by atoms with Crippen molar-refractivity contribution in [2.75, 3.05) is 57.1 Å². The number of benzene rings is 1. The Labute approximate surface area is 189 Å². The van der Waals surface area contributed by atoms with Gasteiger partial charge in [-0.15, -0.1) is 24.0 Å². The van der Waals surface area contributed by atoms with Crippen LogP contribution >= 0.6 is 35.6 Å². The molecule has 1 aliphatic rings. The Balaban J connectivity index is 0.00000280. The van der Waals surface area contributed by atoms with Gasteiger partial charge >= 0.3 is 0 Å². The van der Waals surface area contributed by atoms with Crippen molar-refractivity contribution < 1.29 is 0 Å². The van der Waals surface area contributed by atoms with Crippen LogP contribution in [-0.4, -0.2) is 63.2 Å². The Hall–Kier alpha value is -1.74. The lowest BCUT2D eigenvalue weighted by atomic mass is 10.2. The van der Waals surface area contributed by atoms with Crippen molar-refractivity contribution in [1.82, 2.24) is 15.2 Å². The third-order valence-electron chi connectivity index (χ3n) is 4.68. The first-order valence-corrected chi connectivity index (χ1v) is 9.53. The van der Waals surface area contributed by atoms with E-state index in [0.29, 0.717) is 0 Å². The number of halogens is 2. The molecule has 0 atom stereocenters. The average molecular weight is 515 g/mol. The second-order valence-electron chi connectivity index (χ2n) is 6.77. The Morgan fingerprint density at radius 2 is 1.93 bits per heavy atom. The molecule has 0 bridgehead atoms. The molecule has 152 valence electrons. The third kappa shape index (κ3) is 5.88. The highest BCUT2D eigenvalue weighted by Gasteiger charge is 2.20. The average Bonchev–Trinajstić information content (AvgIpc) is 2.69. The van der Waals surface area contributed by atoms with E-state index in [1.54, 1.807) is 0 Å². The third-order valence-corrected chi connectivity index (χ3v) is 4.92. The second kappa shape index (κ2) is 10.7. The minimum Gasteiger partial charge on any atom is -0.368 e. The summed E-state index contributed by atoms with van der Waals surface area (Å²) in [5.74, 6) is 1.89. The summed E-state index contributed by atoms with van der Waals surface area (Å²) in [7, 11) is 5.83. The molecule has 1 N–H and O–H groups in total. The van der Waals surface area contributed by atoms with Crippen molar-refractivity contribution >= 4 is 53.0 Å². The van der Waals surface area contributed by atoms with E-state index in [1.807, 2.05) is 56.5 Å². The van der Waals surface area contributed by atoms with E-state index >= 15 is 0 Å². The molecule has 28 heavy (non-hydrogen) atoms. The molecule has 0 saturated carbocycles. The van der Waals surface area contributed by atoms with Gasteiger partial charge in [-0.2, -0.15) is 0 Å². The van der Waals surface area contributed by atoms with Crippen LogP contribution in [0.1, 0.15) is 5.56 Å². The van der Waals surface area contributed by atoms with Crippen LogP contribution in [0.25, 0.3) is 0 Å². The Morgan fingerprint density at radius 1 is 1.18 bits per heavy atom. The van der Waals surface area contributed by atoms with Crippen LogP contribution in [0, 0.1) is 0 Å². The van der Waals surface area contributed by atoms with Crippen molar-refractivity contribution in [3.63, 3.8) is 0 Å². The standard InChI is InChI=1S/C20H27ClN6.HI/c1-22-20(24-15-16-7-8-23-19(13-16)25(2)3)27-11-9-26(10-12-27)18-6-4-5-17(21)14-18;/h4-8,13-14H,9-12,15H2,1-3H3,(H,22,24);1H. The van der Waals surface area contributed by atoms with Crippen LogP contribution in [0.15, 0.2) is 47.6 Å². The summed E-state index contributed by atoms with van der Waals surface area (Å²) in [5, 5.41) is 4.25. The molecule has 1 aromatic heterocycles. The van der Waals surface area contributed by atoms with Gasteiger partial charge in [-0.25, -0.2) is 4.98 Å². The number of piperazine rings is 1. The quantitative estimate of drug-likeness (QED) is 0.385. The van der Waals surface area contributed by atoms with E-state index in [0.717, 1.165) is 49.5 Å². The van der Waals surface area contributed by atoms with Gasteiger partial charge in [0.05, 0.1) is 0 Å². The number of guanidine groups is 1. The molecule has 1 saturated heterocycles. The normalized spacial score (nSPS) is 14.5. The van der Waals surface area contributed by atoms with Crippen LogP contribution in [0.5, 0.6) is 0 Å². The predicted molar refractivity (Wildman–Crippen MR) is 129 cm³/mol. The highest BCUT2D eigenvalue weighted by atomic mass is 127. The van der Waals surface area contributed by atoms with Gasteiger partial charge < -0.3 is 20.0 Å². The SMILES string of the molecule is CN=C(NCc1ccnc(N(C)C)c1)N1CCN(c2cccc(Cl)c2)CC1.I. The highest BCUT2D eigenvalue weighted by molar-refractivity contribution is 14.0. The first-order chi connectivity index (χ1) is 13.1. The van der Waals surface area contributed by atoms with Gasteiger partial charge in [-0.3, -0.25) is 4.99 Å². The summed E-state index contributed by atoms with van der Waals surface area (Å²) in [6, 6.07) is 12.2. The first-order valence-electron chi connectivity index (χ1n) is 9.15. The molecule has 1 aromatic carbocycles. The van der Waals surface area contributed by atoms with Gasteiger partial charge in [-0.05, 0) is 35.9 Å². The lowest BCUT2D eigenvalue weighted by Crippen LogP contribution is -2.52. The number of anilines is 2. The number of nitrogens with one attached hydrogen (secondary N) is 1. The fourth-order valence-electron chi connectivity index (χ4n) is 3.18. The lowest BCUT2D eigenvalue weighted by molar-refractivity contribution is 0.372. The Kier molecular flexibility index (Phi) is 8.62. The maximum atomic E-state index is 6.12. The smallest absolute Gasteiger partial charge is 0.194 e. The van der Waals surface area contributed by atoms with E-state index in [-0.39, 0.29) is 24.0 Å². The summed E-state index contributed by atoms with van der Waals surface area (Å²) in [6.45, 7) is 4.46. The van der Waals surface area contributed by atoms with Gasteiger partial charge in [0, 0.05) is 70.8 Å². The van der Waals surface area contributed by atoms with E-state index in [9.17, 15) is 0 Å². The maximum Gasteiger partial charge on any atom is 0.194 e. The molecular weight excluding hydrogens is 487 g/mol. The van der Waals surface area contributed by atoms with Crippen LogP contribution in [0.3, 0.4) is 0 Å². The van der Waals surface area contributed by atoms with Gasteiger partial charge in [0.15, 0.2) is 5.96 Å². The summed E-state index contributed by atoms with van der Waals surface area (Å²) in [4.78, 5) is 15.5. The van der Waals surface area contributed by atoms with Gasteiger partial charge in [0.2, 0.25) is 0 Å². The summed E-state index contributed by atoms with van der Waals surface area (Å²) < 4.78 is 0. The monoisotopic (exact) mass is 514 g/mol. The topological polar surface area (TPSA) is 47.0 Å². The maximum absolute atomic E-state index is 6.12. The zero-order valence-corrected chi connectivity index (χ0v) is 19.7. The van der Waals surface area contributed by atoms with Crippen molar-refractivity contribution in [3.8, 4) is 0 Å². The number of hydrogen-bond donors (Lipinski definition) is 1. The molecule has 0 amide bonds. The summed E-state index contributed by atoms with van der Waals surface area (Å²) >= 11 is 6.12. The fraction of sp³-hybridized carbons (Fsp3) is 0.400. The molecule has 0 radical (unpaired) electrons. The molecule has 2 heterocycles. The van der Waals surface area contributed by atoms with Crippen molar-refractivity contribution in [1.29, 1.82) is 0 Å². The minimum absolute atomic E-state index is 0. The number of aromatic nitrogens is 1. The molecule has 8 heteroatoms. The fourth-order valence-corrected chi connectivity index (χ4v) is 3.36. The second-order valence-corrected chi connectivity index (χ2v) is 7.21. The first kappa shape index (κ1) is 22.5. The van der Waals surface area contributed by atoms with E-state index in [1.165, 1.54) is 11.3 Å². The minimum atomic E-state index is 0. The largest absolute Gasteiger partial charge is 0.368 e.